The van der Waals surface area contributed by atoms with Gasteiger partial charge >= 0.3 is 0 Å². The molecule has 2 rings (SSSR count). The fourth-order valence-corrected chi connectivity index (χ4v) is 3.74. The third-order valence-corrected chi connectivity index (χ3v) is 5.48. The van der Waals surface area contributed by atoms with E-state index >= 15 is 0 Å². The molecule has 1 aliphatic rings. The molecule has 0 saturated carbocycles. The molecule has 0 radical (unpaired) electrons. The Morgan fingerprint density at radius 1 is 1.10 bits per heavy atom. The molecule has 0 aliphatic carbocycles. The van der Waals surface area contributed by atoms with Crippen LogP contribution in [0, 0.1) is 5.41 Å². The Balaban J connectivity index is 0.00000420. The summed E-state index contributed by atoms with van der Waals surface area (Å²) in [6.45, 7) is 13.2. The topological polar surface area (TPSA) is 60.0 Å². The Labute approximate surface area is 193 Å². The Bertz CT molecular complexity index is 642. The summed E-state index contributed by atoms with van der Waals surface area (Å²) in [6.07, 6.45) is 1.11. The minimum atomic E-state index is -0.478. The summed E-state index contributed by atoms with van der Waals surface area (Å²) in [6, 6.07) is 11.2. The third-order valence-electron chi connectivity index (χ3n) is 5.48. The maximum Gasteiger partial charge on any atom is 0.227 e. The number of carbonyl (C=O) groups is 1. The second-order valence-corrected chi connectivity index (χ2v) is 8.00. The number of nitrogens with zero attached hydrogens (tertiary/aromatic N) is 3. The number of amides is 1. The van der Waals surface area contributed by atoms with Gasteiger partial charge in [-0.1, -0.05) is 37.3 Å². The predicted molar refractivity (Wildman–Crippen MR) is 132 cm³/mol. The van der Waals surface area contributed by atoms with Gasteiger partial charge in [0.2, 0.25) is 5.91 Å². The molecule has 1 heterocycles. The van der Waals surface area contributed by atoms with E-state index in [1.807, 2.05) is 27.8 Å². The predicted octanol–water partition coefficient (Wildman–Crippen LogP) is 3.11. The molecule has 2 N–H and O–H groups in total. The quantitative estimate of drug-likeness (QED) is 0.333. The molecule has 1 amide bonds. The normalized spacial score (nSPS) is 16.7. The number of hydrogen-bond acceptors (Lipinski definition) is 3. The van der Waals surface area contributed by atoms with Gasteiger partial charge in [0.05, 0.1) is 5.41 Å². The van der Waals surface area contributed by atoms with E-state index in [0.29, 0.717) is 19.1 Å². The number of rotatable bonds is 7. The van der Waals surface area contributed by atoms with Crippen LogP contribution in [0.5, 0.6) is 0 Å². The first kappa shape index (κ1) is 25.7. The summed E-state index contributed by atoms with van der Waals surface area (Å²) >= 11 is 0. The molecule has 29 heavy (non-hydrogen) atoms. The van der Waals surface area contributed by atoms with Gasteiger partial charge in [-0.05, 0) is 32.8 Å². The van der Waals surface area contributed by atoms with Crippen LogP contribution in [0.1, 0.15) is 45.7 Å². The van der Waals surface area contributed by atoms with Crippen molar-refractivity contribution < 1.29 is 4.79 Å². The molecule has 1 atom stereocenters. The van der Waals surface area contributed by atoms with Gasteiger partial charge in [-0.2, -0.15) is 0 Å². The van der Waals surface area contributed by atoms with E-state index in [9.17, 15) is 4.79 Å². The average Bonchev–Trinajstić information content (AvgIpc) is 2.71. The highest BCUT2D eigenvalue weighted by Crippen LogP contribution is 2.25. The van der Waals surface area contributed by atoms with Crippen LogP contribution < -0.4 is 10.6 Å². The van der Waals surface area contributed by atoms with E-state index in [0.717, 1.165) is 38.6 Å². The monoisotopic (exact) mass is 515 g/mol. The van der Waals surface area contributed by atoms with Crippen LogP contribution in [0.2, 0.25) is 0 Å². The maximum absolute atomic E-state index is 12.2. The molecule has 7 heteroatoms. The highest BCUT2D eigenvalue weighted by molar-refractivity contribution is 14.0. The molecule has 1 aromatic rings. The van der Waals surface area contributed by atoms with Gasteiger partial charge in [-0.25, -0.2) is 0 Å². The molecule has 1 fully saturated rings. The van der Waals surface area contributed by atoms with Crippen molar-refractivity contribution in [1.82, 2.24) is 20.4 Å². The smallest absolute Gasteiger partial charge is 0.227 e. The Morgan fingerprint density at radius 3 is 2.24 bits per heavy atom. The fourth-order valence-electron chi connectivity index (χ4n) is 3.74. The number of piperazine rings is 1. The van der Waals surface area contributed by atoms with Crippen LogP contribution in [0.15, 0.2) is 35.3 Å². The van der Waals surface area contributed by atoms with E-state index in [-0.39, 0.29) is 29.9 Å². The lowest BCUT2D eigenvalue weighted by atomic mass is 9.92. The van der Waals surface area contributed by atoms with Crippen LogP contribution in [0.25, 0.3) is 0 Å². The first-order valence-corrected chi connectivity index (χ1v) is 10.5. The molecule has 1 aliphatic heterocycles. The molecule has 164 valence electrons. The van der Waals surface area contributed by atoms with Gasteiger partial charge in [-0.15, -0.1) is 24.0 Å². The van der Waals surface area contributed by atoms with Crippen molar-refractivity contribution in [3.63, 3.8) is 0 Å². The van der Waals surface area contributed by atoms with E-state index in [1.54, 1.807) is 0 Å². The number of halogens is 1. The van der Waals surface area contributed by atoms with Crippen molar-refractivity contribution in [1.29, 1.82) is 0 Å². The average molecular weight is 515 g/mol. The van der Waals surface area contributed by atoms with Crippen molar-refractivity contribution >= 4 is 35.8 Å². The number of carbonyl (C=O) groups excluding carboxylic acids is 1. The summed E-state index contributed by atoms with van der Waals surface area (Å²) in [5.74, 6) is 0.946. The van der Waals surface area contributed by atoms with Crippen LogP contribution in [0.3, 0.4) is 0 Å². The minimum Gasteiger partial charge on any atom is -0.356 e. The zero-order valence-corrected chi connectivity index (χ0v) is 20.9. The second-order valence-electron chi connectivity index (χ2n) is 8.00. The summed E-state index contributed by atoms with van der Waals surface area (Å²) < 4.78 is 0. The fraction of sp³-hybridized carbons (Fsp3) is 0.636. The Morgan fingerprint density at radius 2 is 1.72 bits per heavy atom. The van der Waals surface area contributed by atoms with Gasteiger partial charge < -0.3 is 15.5 Å². The van der Waals surface area contributed by atoms with Crippen molar-refractivity contribution in [3.05, 3.63) is 35.9 Å². The van der Waals surface area contributed by atoms with Crippen molar-refractivity contribution in [2.45, 2.75) is 40.2 Å². The van der Waals surface area contributed by atoms with Gasteiger partial charge in [0.1, 0.15) is 0 Å². The van der Waals surface area contributed by atoms with Crippen LogP contribution in [-0.4, -0.2) is 68.0 Å². The Kier molecular flexibility index (Phi) is 11.0. The van der Waals surface area contributed by atoms with Crippen LogP contribution in [-0.2, 0) is 4.79 Å². The van der Waals surface area contributed by atoms with Gasteiger partial charge in [0, 0.05) is 52.4 Å². The molecule has 1 unspecified atom stereocenters. The lowest BCUT2D eigenvalue weighted by Gasteiger charge is -2.40. The van der Waals surface area contributed by atoms with Crippen LogP contribution >= 0.6 is 24.0 Å². The first-order valence-electron chi connectivity index (χ1n) is 10.5. The van der Waals surface area contributed by atoms with Crippen molar-refractivity contribution in [2.75, 3.05) is 46.3 Å². The number of benzene rings is 1. The molecule has 1 aromatic carbocycles. The molecule has 0 bridgehead atoms. The second kappa shape index (κ2) is 12.4. The van der Waals surface area contributed by atoms with Gasteiger partial charge in [-0.3, -0.25) is 14.7 Å². The molecular weight excluding hydrogens is 477 g/mol. The largest absolute Gasteiger partial charge is 0.356 e. The number of hydrogen-bond donors (Lipinski definition) is 2. The SMILES string of the molecule is CCNC(=O)C(C)(C)CNC(=NC)N1CCN(C(CC)c2ccccc2)CC1.I. The zero-order chi connectivity index (χ0) is 20.6. The lowest BCUT2D eigenvalue weighted by molar-refractivity contribution is -0.128. The van der Waals surface area contributed by atoms with Crippen molar-refractivity contribution in [3.8, 4) is 0 Å². The van der Waals surface area contributed by atoms with Crippen LogP contribution in [0.4, 0.5) is 0 Å². The summed E-state index contributed by atoms with van der Waals surface area (Å²) in [4.78, 5) is 21.5. The first-order chi connectivity index (χ1) is 13.4. The minimum absolute atomic E-state index is 0. The number of guanidine groups is 1. The van der Waals surface area contributed by atoms with E-state index < -0.39 is 5.41 Å². The lowest BCUT2D eigenvalue weighted by Crippen LogP contribution is -2.55. The standard InChI is InChI=1S/C22H37N5O.HI/c1-6-19(18-11-9-8-10-12-18)26-13-15-27(16-14-26)21(23-5)25-17-22(3,4)20(28)24-7-2;/h8-12,19H,6-7,13-17H2,1-5H3,(H,23,25)(H,24,28);1H. The van der Waals surface area contributed by atoms with Gasteiger partial charge in [0.25, 0.3) is 0 Å². The summed E-state index contributed by atoms with van der Waals surface area (Å²) in [5.41, 5.74) is 0.915. The molecule has 1 saturated heterocycles. The number of aliphatic imine (C=N–C) groups is 1. The molecule has 0 spiro atoms. The van der Waals surface area contributed by atoms with E-state index in [1.165, 1.54) is 5.56 Å². The summed E-state index contributed by atoms with van der Waals surface area (Å²) in [5, 5.41) is 6.31. The highest BCUT2D eigenvalue weighted by atomic mass is 127. The highest BCUT2D eigenvalue weighted by Gasteiger charge is 2.29. The number of nitrogens with one attached hydrogen (secondary N) is 2. The summed E-state index contributed by atoms with van der Waals surface area (Å²) in [7, 11) is 1.81. The van der Waals surface area contributed by atoms with E-state index in [4.69, 9.17) is 0 Å². The molecular formula is C22H38IN5O. The van der Waals surface area contributed by atoms with Crippen molar-refractivity contribution in [2.24, 2.45) is 10.4 Å². The maximum atomic E-state index is 12.2. The Hall–Kier alpha value is -1.35. The van der Waals surface area contributed by atoms with Gasteiger partial charge in [0.15, 0.2) is 5.96 Å². The molecule has 0 aromatic heterocycles. The zero-order valence-electron chi connectivity index (χ0n) is 18.6. The van der Waals surface area contributed by atoms with E-state index in [2.05, 4.69) is 62.7 Å². The molecule has 6 nitrogen and oxygen atoms in total. The third kappa shape index (κ3) is 7.13.